The minimum absolute atomic E-state index is 0.155. The van der Waals surface area contributed by atoms with E-state index in [-0.39, 0.29) is 28.6 Å². The smallest absolute Gasteiger partial charge is 0.345 e. The fraction of sp³-hybridized carbons (Fsp3) is 0.250. The second-order valence-corrected chi connectivity index (χ2v) is 8.25. The highest BCUT2D eigenvalue weighted by molar-refractivity contribution is 7.89. The molecule has 0 saturated carbocycles. The highest BCUT2D eigenvalue weighted by Crippen LogP contribution is 2.16. The van der Waals surface area contributed by atoms with E-state index in [0.717, 1.165) is 21.8 Å². The topological polar surface area (TPSA) is 113 Å². The van der Waals surface area contributed by atoms with Crippen molar-refractivity contribution in [3.05, 3.63) is 51.7 Å². The van der Waals surface area contributed by atoms with Crippen molar-refractivity contribution < 1.29 is 23.1 Å². The Morgan fingerprint density at radius 1 is 1.12 bits per heavy atom. The zero-order chi connectivity index (χ0) is 18.4. The third-order valence-corrected chi connectivity index (χ3v) is 5.98. The van der Waals surface area contributed by atoms with Crippen molar-refractivity contribution in [1.29, 1.82) is 0 Å². The molecule has 0 aliphatic rings. The Balaban J connectivity index is 1.82. The molecule has 0 bridgehead atoms. The molecule has 2 rings (SSSR count). The first-order chi connectivity index (χ1) is 11.8. The number of carboxylic acid groups (broad SMARTS) is 1. The van der Waals surface area contributed by atoms with E-state index < -0.39 is 16.0 Å². The first-order valence-electron chi connectivity index (χ1n) is 7.43. The van der Waals surface area contributed by atoms with Crippen molar-refractivity contribution in [3.8, 4) is 0 Å². The van der Waals surface area contributed by atoms with E-state index in [1.165, 1.54) is 25.2 Å². The summed E-state index contributed by atoms with van der Waals surface area (Å²) in [5, 5.41) is 11.6. The maximum atomic E-state index is 11.9. The molecular weight excluding hydrogens is 364 g/mol. The van der Waals surface area contributed by atoms with E-state index in [1.807, 2.05) is 0 Å². The molecule has 0 saturated heterocycles. The molecule has 3 N–H and O–H groups in total. The van der Waals surface area contributed by atoms with Gasteiger partial charge in [0, 0.05) is 11.3 Å². The number of carbonyl (C=O) groups is 2. The highest BCUT2D eigenvalue weighted by Gasteiger charge is 2.11. The van der Waals surface area contributed by atoms with E-state index in [1.54, 1.807) is 18.2 Å². The minimum Gasteiger partial charge on any atom is -0.477 e. The molecule has 2 aromatic rings. The molecule has 0 unspecified atom stereocenters. The standard InChI is InChI=1S/C16H18N2O5S2/c1-17-25(22,23)13-6-2-11(3-7-13)4-9-15(19)18-10-12-5-8-14(24-12)16(20)21/h2-3,5-8,17H,4,9-10H2,1H3,(H,18,19)(H,20,21). The van der Waals surface area contributed by atoms with Gasteiger partial charge < -0.3 is 10.4 Å². The van der Waals surface area contributed by atoms with Crippen LogP contribution in [0.2, 0.25) is 0 Å². The zero-order valence-electron chi connectivity index (χ0n) is 13.5. The van der Waals surface area contributed by atoms with Crippen molar-refractivity contribution in [3.63, 3.8) is 0 Å². The van der Waals surface area contributed by atoms with Gasteiger partial charge in [0.25, 0.3) is 0 Å². The van der Waals surface area contributed by atoms with Crippen LogP contribution in [0, 0.1) is 0 Å². The van der Waals surface area contributed by atoms with Gasteiger partial charge in [-0.05, 0) is 43.3 Å². The molecule has 1 aromatic heterocycles. The van der Waals surface area contributed by atoms with E-state index in [9.17, 15) is 18.0 Å². The number of hydrogen-bond acceptors (Lipinski definition) is 5. The third-order valence-electron chi connectivity index (χ3n) is 3.48. The van der Waals surface area contributed by atoms with Crippen molar-refractivity contribution >= 4 is 33.2 Å². The molecule has 0 atom stereocenters. The first kappa shape index (κ1) is 19.1. The Kier molecular flexibility index (Phi) is 6.29. The molecule has 0 fully saturated rings. The van der Waals surface area contributed by atoms with Crippen molar-refractivity contribution in [2.45, 2.75) is 24.3 Å². The number of hydrogen-bond donors (Lipinski definition) is 3. The number of aromatic carboxylic acids is 1. The second kappa shape index (κ2) is 8.24. The lowest BCUT2D eigenvalue weighted by atomic mass is 10.1. The Hall–Kier alpha value is -2.23. The van der Waals surface area contributed by atoms with Crippen LogP contribution >= 0.6 is 11.3 Å². The minimum atomic E-state index is -3.46. The molecule has 0 radical (unpaired) electrons. The van der Waals surface area contributed by atoms with Gasteiger partial charge in [-0.15, -0.1) is 11.3 Å². The number of carboxylic acids is 1. The number of amides is 1. The molecule has 0 aliphatic heterocycles. The van der Waals surface area contributed by atoms with Crippen LogP contribution in [0.25, 0.3) is 0 Å². The summed E-state index contributed by atoms with van der Waals surface area (Å²) < 4.78 is 25.5. The molecule has 0 spiro atoms. The molecule has 9 heteroatoms. The first-order valence-corrected chi connectivity index (χ1v) is 9.73. The Morgan fingerprint density at radius 3 is 2.36 bits per heavy atom. The van der Waals surface area contributed by atoms with Gasteiger partial charge in [0.05, 0.1) is 11.4 Å². The van der Waals surface area contributed by atoms with Crippen LogP contribution in [-0.2, 0) is 27.8 Å². The summed E-state index contributed by atoms with van der Waals surface area (Å²) in [5.74, 6) is -1.14. The summed E-state index contributed by atoms with van der Waals surface area (Å²) in [4.78, 5) is 23.9. The number of aryl methyl sites for hydroxylation is 1. The van der Waals surface area contributed by atoms with Gasteiger partial charge in [-0.2, -0.15) is 0 Å². The number of carbonyl (C=O) groups excluding carboxylic acids is 1. The van der Waals surface area contributed by atoms with Gasteiger partial charge >= 0.3 is 5.97 Å². The zero-order valence-corrected chi connectivity index (χ0v) is 15.1. The van der Waals surface area contributed by atoms with E-state index in [0.29, 0.717) is 6.42 Å². The van der Waals surface area contributed by atoms with E-state index in [2.05, 4.69) is 10.0 Å². The molecule has 1 amide bonds. The van der Waals surface area contributed by atoms with E-state index in [4.69, 9.17) is 5.11 Å². The van der Waals surface area contributed by atoms with Crippen LogP contribution in [0.15, 0.2) is 41.3 Å². The van der Waals surface area contributed by atoms with Crippen LogP contribution in [0.3, 0.4) is 0 Å². The van der Waals surface area contributed by atoms with Crippen LogP contribution < -0.4 is 10.0 Å². The molecule has 25 heavy (non-hydrogen) atoms. The fourth-order valence-electron chi connectivity index (χ4n) is 2.07. The lowest BCUT2D eigenvalue weighted by molar-refractivity contribution is -0.121. The predicted octanol–water partition coefficient (Wildman–Crippen LogP) is 1.60. The summed E-state index contributed by atoms with van der Waals surface area (Å²) in [6, 6.07) is 9.53. The Labute approximate surface area is 149 Å². The van der Waals surface area contributed by atoms with Gasteiger partial charge in [-0.1, -0.05) is 12.1 Å². The highest BCUT2D eigenvalue weighted by atomic mass is 32.2. The quantitative estimate of drug-likeness (QED) is 0.642. The van der Waals surface area contributed by atoms with Gasteiger partial charge in [-0.3, -0.25) is 4.79 Å². The number of thiophene rings is 1. The maximum absolute atomic E-state index is 11.9. The maximum Gasteiger partial charge on any atom is 0.345 e. The van der Waals surface area contributed by atoms with E-state index >= 15 is 0 Å². The number of nitrogens with one attached hydrogen (secondary N) is 2. The van der Waals surface area contributed by atoms with Crippen molar-refractivity contribution in [1.82, 2.24) is 10.0 Å². The van der Waals surface area contributed by atoms with Gasteiger partial charge in [-0.25, -0.2) is 17.9 Å². The molecule has 134 valence electrons. The van der Waals surface area contributed by atoms with Crippen molar-refractivity contribution in [2.24, 2.45) is 0 Å². The van der Waals surface area contributed by atoms with Gasteiger partial charge in [0.1, 0.15) is 4.88 Å². The lowest BCUT2D eigenvalue weighted by Crippen LogP contribution is -2.22. The number of sulfonamides is 1. The number of benzene rings is 1. The second-order valence-electron chi connectivity index (χ2n) is 5.20. The predicted molar refractivity (Wildman–Crippen MR) is 94.1 cm³/mol. The van der Waals surface area contributed by atoms with Crippen LogP contribution in [0.4, 0.5) is 0 Å². The summed E-state index contributed by atoms with van der Waals surface area (Å²) in [6.45, 7) is 0.288. The summed E-state index contributed by atoms with van der Waals surface area (Å²) in [7, 11) is -2.11. The van der Waals surface area contributed by atoms with Crippen LogP contribution in [-0.4, -0.2) is 32.4 Å². The van der Waals surface area contributed by atoms with Gasteiger partial charge in [0.2, 0.25) is 15.9 Å². The lowest BCUT2D eigenvalue weighted by Gasteiger charge is -2.06. The summed E-state index contributed by atoms with van der Waals surface area (Å²) in [5.41, 5.74) is 0.856. The monoisotopic (exact) mass is 382 g/mol. The fourth-order valence-corrected chi connectivity index (χ4v) is 3.59. The summed E-state index contributed by atoms with van der Waals surface area (Å²) in [6.07, 6.45) is 0.742. The SMILES string of the molecule is CNS(=O)(=O)c1ccc(CCC(=O)NCc2ccc(C(=O)O)s2)cc1. The molecule has 7 nitrogen and oxygen atoms in total. The number of rotatable bonds is 8. The average Bonchev–Trinajstić information content (AvgIpc) is 3.08. The van der Waals surface area contributed by atoms with Gasteiger partial charge in [0.15, 0.2) is 0 Å². The molecular formula is C16H18N2O5S2. The molecule has 1 aromatic carbocycles. The van der Waals surface area contributed by atoms with Crippen LogP contribution in [0.1, 0.15) is 26.5 Å². The summed E-state index contributed by atoms with van der Waals surface area (Å²) >= 11 is 1.13. The van der Waals surface area contributed by atoms with Crippen LogP contribution in [0.5, 0.6) is 0 Å². The molecule has 1 heterocycles. The average molecular weight is 382 g/mol. The Bertz CT molecular complexity index is 857. The van der Waals surface area contributed by atoms with Crippen molar-refractivity contribution in [2.75, 3.05) is 7.05 Å². The Morgan fingerprint density at radius 2 is 1.80 bits per heavy atom. The normalized spacial score (nSPS) is 11.2. The third kappa shape index (κ3) is 5.38. The molecule has 0 aliphatic carbocycles. The largest absolute Gasteiger partial charge is 0.477 e.